The van der Waals surface area contributed by atoms with Crippen molar-refractivity contribution in [3.63, 3.8) is 0 Å². The molecule has 2 aliphatic heterocycles. The third-order valence-electron chi connectivity index (χ3n) is 5.55. The van der Waals surface area contributed by atoms with Crippen LogP contribution < -0.4 is 0 Å². The maximum Gasteiger partial charge on any atom is 0.238 e. The highest BCUT2D eigenvalue weighted by molar-refractivity contribution is 8.01. The van der Waals surface area contributed by atoms with Crippen LogP contribution >= 0.6 is 11.8 Å². The Hall–Kier alpha value is -0.510. The van der Waals surface area contributed by atoms with Gasteiger partial charge in [0.25, 0.3) is 0 Å². The van der Waals surface area contributed by atoms with Gasteiger partial charge in [0, 0.05) is 24.9 Å². The minimum absolute atomic E-state index is 0.123. The van der Waals surface area contributed by atoms with E-state index in [1.54, 1.807) is 0 Å². The van der Waals surface area contributed by atoms with Crippen LogP contribution in [0.25, 0.3) is 0 Å². The average Bonchev–Trinajstić information content (AvgIpc) is 2.95. The Kier molecular flexibility index (Phi) is 4.63. The largest absolute Gasteiger partial charge is 0.338 e. The number of rotatable bonds is 2. The molecule has 3 rings (SSSR count). The summed E-state index contributed by atoms with van der Waals surface area (Å²) in [6.07, 6.45) is 9.37. The second-order valence-corrected chi connectivity index (χ2v) is 8.66. The van der Waals surface area contributed by atoms with Gasteiger partial charge in [-0.3, -0.25) is 9.59 Å². The number of carbonyl (C=O) groups is 2. The predicted octanol–water partition coefficient (Wildman–Crippen LogP) is 3.41. The normalized spacial score (nSPS) is 37.8. The zero-order valence-corrected chi connectivity index (χ0v) is 13.9. The number of hydrogen-bond donors (Lipinski definition) is 0. The summed E-state index contributed by atoms with van der Waals surface area (Å²) in [5.74, 6) is 1.95. The number of hydrogen-bond acceptors (Lipinski definition) is 3. The first-order chi connectivity index (χ1) is 10.1. The van der Waals surface area contributed by atoms with Gasteiger partial charge < -0.3 is 4.90 Å². The van der Waals surface area contributed by atoms with Crippen molar-refractivity contribution in [1.29, 1.82) is 0 Å². The Morgan fingerprint density at radius 2 is 2.00 bits per heavy atom. The molecular formula is C17H27NO2S. The van der Waals surface area contributed by atoms with E-state index in [-0.39, 0.29) is 16.7 Å². The van der Waals surface area contributed by atoms with E-state index >= 15 is 0 Å². The maximum atomic E-state index is 13.1. The lowest BCUT2D eigenvalue weighted by Crippen LogP contribution is -2.55. The Balaban J connectivity index is 1.77. The summed E-state index contributed by atoms with van der Waals surface area (Å²) in [4.78, 5) is 27.5. The lowest BCUT2D eigenvalue weighted by atomic mass is 9.78. The molecule has 1 saturated carbocycles. The number of carbonyl (C=O) groups excluding carboxylic acids is 2. The SMILES string of the molecule is CC1(C(=O)N2CCCCC2C2CCCCC2=O)CCCS1. The molecule has 0 bridgehead atoms. The van der Waals surface area contributed by atoms with Gasteiger partial charge in [-0.1, -0.05) is 6.42 Å². The molecule has 0 aromatic carbocycles. The van der Waals surface area contributed by atoms with Crippen LogP contribution in [-0.2, 0) is 9.59 Å². The quantitative estimate of drug-likeness (QED) is 0.784. The summed E-state index contributed by atoms with van der Waals surface area (Å²) < 4.78 is -0.229. The first-order valence-corrected chi connectivity index (χ1v) is 9.58. The smallest absolute Gasteiger partial charge is 0.238 e. The zero-order valence-electron chi connectivity index (χ0n) is 13.1. The molecular weight excluding hydrogens is 282 g/mol. The van der Waals surface area contributed by atoms with E-state index in [9.17, 15) is 9.59 Å². The van der Waals surface area contributed by atoms with Crippen molar-refractivity contribution in [3.05, 3.63) is 0 Å². The number of amides is 1. The fourth-order valence-electron chi connectivity index (χ4n) is 4.30. The molecule has 0 spiro atoms. The van der Waals surface area contributed by atoms with Gasteiger partial charge in [0.1, 0.15) is 5.78 Å². The Labute approximate surface area is 132 Å². The summed E-state index contributed by atoms with van der Waals surface area (Å²) in [6, 6.07) is 0.192. The van der Waals surface area contributed by atoms with Crippen molar-refractivity contribution in [1.82, 2.24) is 4.90 Å². The lowest BCUT2D eigenvalue weighted by Gasteiger charge is -2.44. The Morgan fingerprint density at radius 1 is 1.19 bits per heavy atom. The summed E-state index contributed by atoms with van der Waals surface area (Å²) in [7, 11) is 0. The predicted molar refractivity (Wildman–Crippen MR) is 86.4 cm³/mol. The molecule has 2 heterocycles. The summed E-state index contributed by atoms with van der Waals surface area (Å²) in [5, 5.41) is 0. The van der Waals surface area contributed by atoms with Gasteiger partial charge in [-0.05, 0) is 57.6 Å². The summed E-state index contributed by atoms with van der Waals surface area (Å²) in [6.45, 7) is 2.98. The van der Waals surface area contributed by atoms with E-state index in [1.807, 2.05) is 11.8 Å². The molecule has 1 amide bonds. The fraction of sp³-hybridized carbons (Fsp3) is 0.882. The van der Waals surface area contributed by atoms with E-state index in [0.29, 0.717) is 11.7 Å². The van der Waals surface area contributed by atoms with Crippen molar-refractivity contribution in [2.75, 3.05) is 12.3 Å². The monoisotopic (exact) mass is 309 g/mol. The second kappa shape index (κ2) is 6.31. The van der Waals surface area contributed by atoms with Crippen LogP contribution in [0.4, 0.5) is 0 Å². The van der Waals surface area contributed by atoms with E-state index in [0.717, 1.165) is 63.7 Å². The number of piperidine rings is 1. The number of likely N-dealkylation sites (tertiary alicyclic amines) is 1. The van der Waals surface area contributed by atoms with Crippen molar-refractivity contribution in [2.45, 2.75) is 75.5 Å². The fourth-order valence-corrected chi connectivity index (χ4v) is 5.56. The molecule has 3 nitrogen and oxygen atoms in total. The topological polar surface area (TPSA) is 37.4 Å². The molecule has 0 aromatic heterocycles. The molecule has 3 aliphatic rings. The van der Waals surface area contributed by atoms with Crippen LogP contribution in [0, 0.1) is 5.92 Å². The van der Waals surface area contributed by atoms with Gasteiger partial charge in [0.05, 0.1) is 4.75 Å². The summed E-state index contributed by atoms with van der Waals surface area (Å²) >= 11 is 1.82. The molecule has 118 valence electrons. The van der Waals surface area contributed by atoms with Crippen molar-refractivity contribution < 1.29 is 9.59 Å². The first kappa shape index (κ1) is 15.4. The third kappa shape index (κ3) is 3.01. The molecule has 3 fully saturated rings. The summed E-state index contributed by atoms with van der Waals surface area (Å²) in [5.41, 5.74) is 0. The van der Waals surface area contributed by atoms with Crippen LogP contribution in [-0.4, -0.2) is 39.7 Å². The molecule has 0 aromatic rings. The molecule has 3 unspecified atom stereocenters. The average molecular weight is 309 g/mol. The van der Waals surface area contributed by atoms with Gasteiger partial charge in [0.2, 0.25) is 5.91 Å². The maximum absolute atomic E-state index is 13.1. The van der Waals surface area contributed by atoms with E-state index in [2.05, 4.69) is 11.8 Å². The van der Waals surface area contributed by atoms with E-state index in [1.165, 1.54) is 6.42 Å². The highest BCUT2D eigenvalue weighted by Crippen LogP contribution is 2.41. The van der Waals surface area contributed by atoms with E-state index in [4.69, 9.17) is 0 Å². The van der Waals surface area contributed by atoms with Crippen LogP contribution in [0.5, 0.6) is 0 Å². The van der Waals surface area contributed by atoms with Gasteiger partial charge >= 0.3 is 0 Å². The number of thioether (sulfide) groups is 1. The van der Waals surface area contributed by atoms with Gasteiger partial charge in [-0.2, -0.15) is 0 Å². The second-order valence-electron chi connectivity index (χ2n) is 7.06. The molecule has 2 saturated heterocycles. The Morgan fingerprint density at radius 3 is 2.71 bits per heavy atom. The van der Waals surface area contributed by atoms with Crippen molar-refractivity contribution >= 4 is 23.5 Å². The molecule has 3 atom stereocenters. The van der Waals surface area contributed by atoms with E-state index < -0.39 is 0 Å². The lowest BCUT2D eigenvalue weighted by molar-refractivity contribution is -0.141. The minimum Gasteiger partial charge on any atom is -0.338 e. The first-order valence-electron chi connectivity index (χ1n) is 8.59. The number of Topliss-reactive ketones (excluding diaryl/α,β-unsaturated/α-hetero) is 1. The number of nitrogens with zero attached hydrogens (tertiary/aromatic N) is 1. The highest BCUT2D eigenvalue weighted by Gasteiger charge is 2.45. The van der Waals surface area contributed by atoms with Gasteiger partial charge in [-0.15, -0.1) is 11.8 Å². The van der Waals surface area contributed by atoms with Crippen molar-refractivity contribution in [3.8, 4) is 0 Å². The van der Waals surface area contributed by atoms with Crippen LogP contribution in [0.3, 0.4) is 0 Å². The van der Waals surface area contributed by atoms with Gasteiger partial charge in [-0.25, -0.2) is 0 Å². The minimum atomic E-state index is -0.229. The number of ketones is 1. The highest BCUT2D eigenvalue weighted by atomic mass is 32.2. The molecule has 4 heteroatoms. The molecule has 21 heavy (non-hydrogen) atoms. The van der Waals surface area contributed by atoms with Crippen LogP contribution in [0.2, 0.25) is 0 Å². The molecule has 1 aliphatic carbocycles. The third-order valence-corrected chi connectivity index (χ3v) is 7.06. The Bertz CT molecular complexity index is 417. The van der Waals surface area contributed by atoms with Crippen LogP contribution in [0.15, 0.2) is 0 Å². The van der Waals surface area contributed by atoms with Crippen molar-refractivity contribution in [2.24, 2.45) is 5.92 Å². The van der Waals surface area contributed by atoms with Crippen LogP contribution in [0.1, 0.15) is 64.7 Å². The zero-order chi connectivity index (χ0) is 14.9. The molecule has 0 N–H and O–H groups in total. The van der Waals surface area contributed by atoms with Gasteiger partial charge in [0.15, 0.2) is 0 Å². The molecule has 0 radical (unpaired) electrons. The standard InChI is InChI=1S/C17H27NO2S/c1-17(10-6-12-21-17)16(20)18-11-5-4-8-14(18)13-7-2-3-9-15(13)19/h13-14H,2-12H2,1H3.